The summed E-state index contributed by atoms with van der Waals surface area (Å²) in [5.41, 5.74) is -5.81. The standard InChI is InChI=1S/C15H8N4O10.C2H6/c1-5-4-8(18(26)27)11-12(13(5)19(28)29)15(21)10-7(17(24)25)3-2-6(16(22)23)9(10)14(11)20;1-2/h2-4,11-12H,1H3;1-2H3. The molecule has 0 bridgehead atoms. The summed E-state index contributed by atoms with van der Waals surface area (Å²) in [4.78, 5) is 67.5. The predicted molar refractivity (Wildman–Crippen MR) is 102 cm³/mol. The van der Waals surface area contributed by atoms with Crippen molar-refractivity contribution in [3.63, 3.8) is 0 Å². The summed E-state index contributed by atoms with van der Waals surface area (Å²) < 4.78 is 0. The molecule has 0 aromatic heterocycles. The van der Waals surface area contributed by atoms with E-state index < -0.39 is 77.0 Å². The van der Waals surface area contributed by atoms with Gasteiger partial charge in [-0.25, -0.2) is 0 Å². The third kappa shape index (κ3) is 3.43. The molecule has 162 valence electrons. The molecule has 0 aliphatic heterocycles. The molecule has 2 unspecified atom stereocenters. The largest absolute Gasteiger partial charge is 0.293 e. The van der Waals surface area contributed by atoms with Gasteiger partial charge in [0.05, 0.1) is 19.7 Å². The van der Waals surface area contributed by atoms with Gasteiger partial charge in [-0.1, -0.05) is 13.8 Å². The summed E-state index contributed by atoms with van der Waals surface area (Å²) in [5.74, 6) is -6.71. The summed E-state index contributed by atoms with van der Waals surface area (Å²) in [6, 6.07) is 1.27. The number of nitro groups is 4. The molecule has 0 heterocycles. The van der Waals surface area contributed by atoms with Crippen LogP contribution in [0.4, 0.5) is 11.4 Å². The van der Waals surface area contributed by atoms with E-state index in [1.807, 2.05) is 13.8 Å². The molecule has 14 heteroatoms. The molecule has 0 saturated carbocycles. The average Bonchev–Trinajstić information content (AvgIpc) is 2.70. The average molecular weight is 434 g/mol. The van der Waals surface area contributed by atoms with Gasteiger partial charge in [0.2, 0.25) is 0 Å². The molecule has 0 spiro atoms. The Bertz CT molecular complexity index is 1130. The molecule has 2 aliphatic rings. The number of allylic oxidation sites excluding steroid dienone is 4. The van der Waals surface area contributed by atoms with Crippen molar-refractivity contribution < 1.29 is 29.3 Å². The second-order valence-electron chi connectivity index (χ2n) is 6.20. The molecular formula is C17H14N4O10. The van der Waals surface area contributed by atoms with Crippen molar-refractivity contribution in [1.82, 2.24) is 0 Å². The molecule has 14 nitrogen and oxygen atoms in total. The van der Waals surface area contributed by atoms with Crippen LogP contribution in [-0.4, -0.2) is 31.3 Å². The Balaban J connectivity index is 0.00000166. The molecule has 2 aliphatic carbocycles. The van der Waals surface area contributed by atoms with Crippen LogP contribution >= 0.6 is 0 Å². The highest BCUT2D eigenvalue weighted by Gasteiger charge is 2.59. The minimum Gasteiger partial charge on any atom is -0.293 e. The molecule has 0 saturated heterocycles. The van der Waals surface area contributed by atoms with Gasteiger partial charge >= 0.3 is 0 Å². The molecule has 0 radical (unpaired) electrons. The van der Waals surface area contributed by atoms with Crippen molar-refractivity contribution in [2.45, 2.75) is 20.8 Å². The van der Waals surface area contributed by atoms with Crippen LogP contribution in [0.1, 0.15) is 41.5 Å². The van der Waals surface area contributed by atoms with Gasteiger partial charge in [0, 0.05) is 23.8 Å². The lowest BCUT2D eigenvalue weighted by atomic mass is 9.67. The minimum atomic E-state index is -2.02. The van der Waals surface area contributed by atoms with Crippen LogP contribution in [0, 0.1) is 52.3 Å². The lowest BCUT2D eigenvalue weighted by Crippen LogP contribution is -2.44. The summed E-state index contributed by atoms with van der Waals surface area (Å²) >= 11 is 0. The summed E-state index contributed by atoms with van der Waals surface area (Å²) in [7, 11) is 0. The van der Waals surface area contributed by atoms with E-state index in [9.17, 15) is 50.0 Å². The number of rotatable bonds is 4. The zero-order valence-electron chi connectivity index (χ0n) is 16.3. The van der Waals surface area contributed by atoms with Gasteiger partial charge in [-0.05, 0) is 6.92 Å². The number of carbonyl (C=O) groups is 2. The number of Topliss-reactive ketones (excluding diaryl/α,β-unsaturated/α-hetero) is 2. The number of carbonyl (C=O) groups excluding carboxylic acids is 2. The summed E-state index contributed by atoms with van der Waals surface area (Å²) in [6.07, 6.45) is 0.749. The first kappa shape index (κ1) is 22.9. The van der Waals surface area contributed by atoms with Gasteiger partial charge in [-0.2, -0.15) is 0 Å². The molecule has 0 N–H and O–H groups in total. The SMILES string of the molecule is CC.CC1=C([N+](=O)[O-])C2C(=O)c3c([N+](=O)[O-])ccc([N+](=O)[O-])c3C(=O)C2C([N+](=O)[O-])=C1. The van der Waals surface area contributed by atoms with Crippen LogP contribution in [0.3, 0.4) is 0 Å². The zero-order chi connectivity index (χ0) is 23.8. The van der Waals surface area contributed by atoms with E-state index in [1.54, 1.807) is 0 Å². The highest BCUT2D eigenvalue weighted by molar-refractivity contribution is 6.21. The van der Waals surface area contributed by atoms with Crippen LogP contribution in [0.2, 0.25) is 0 Å². The summed E-state index contributed by atoms with van der Waals surface area (Å²) in [6.45, 7) is 5.12. The number of benzene rings is 1. The molecule has 1 aromatic carbocycles. The van der Waals surface area contributed by atoms with E-state index in [0.29, 0.717) is 12.1 Å². The lowest BCUT2D eigenvalue weighted by Gasteiger charge is -2.29. The molecule has 2 atom stereocenters. The monoisotopic (exact) mass is 434 g/mol. The maximum Gasteiger partial charge on any atom is 0.281 e. The lowest BCUT2D eigenvalue weighted by molar-refractivity contribution is -0.447. The van der Waals surface area contributed by atoms with Crippen molar-refractivity contribution in [2.75, 3.05) is 0 Å². The highest BCUT2D eigenvalue weighted by atomic mass is 16.6. The van der Waals surface area contributed by atoms with Gasteiger partial charge in [0.1, 0.15) is 23.0 Å². The van der Waals surface area contributed by atoms with Crippen LogP contribution in [0.15, 0.2) is 35.2 Å². The molecule has 0 fully saturated rings. The molecule has 3 rings (SSSR count). The van der Waals surface area contributed by atoms with E-state index in [1.165, 1.54) is 0 Å². The van der Waals surface area contributed by atoms with Crippen molar-refractivity contribution in [3.05, 3.63) is 86.8 Å². The van der Waals surface area contributed by atoms with E-state index >= 15 is 0 Å². The molecule has 31 heavy (non-hydrogen) atoms. The highest BCUT2D eigenvalue weighted by Crippen LogP contribution is 2.47. The van der Waals surface area contributed by atoms with E-state index in [4.69, 9.17) is 0 Å². The molecule has 0 amide bonds. The number of hydrogen-bond donors (Lipinski definition) is 0. The molecule has 1 aromatic rings. The predicted octanol–water partition coefficient (Wildman–Crippen LogP) is 2.87. The smallest absolute Gasteiger partial charge is 0.281 e. The van der Waals surface area contributed by atoms with Gasteiger partial charge in [-0.3, -0.25) is 50.0 Å². The van der Waals surface area contributed by atoms with E-state index in [2.05, 4.69) is 0 Å². The maximum atomic E-state index is 13.1. The first-order valence-corrected chi connectivity index (χ1v) is 8.74. The number of nitrogens with zero attached hydrogens (tertiary/aromatic N) is 4. The van der Waals surface area contributed by atoms with Crippen LogP contribution < -0.4 is 0 Å². The topological polar surface area (TPSA) is 207 Å². The number of nitro benzene ring substituents is 2. The van der Waals surface area contributed by atoms with Gasteiger partial charge in [0.15, 0.2) is 11.6 Å². The van der Waals surface area contributed by atoms with Crippen molar-refractivity contribution >= 4 is 22.9 Å². The fourth-order valence-electron chi connectivity index (χ4n) is 3.64. The second kappa shape index (κ2) is 8.17. The number of ketones is 2. The Labute approximate surface area is 172 Å². The van der Waals surface area contributed by atoms with Crippen LogP contribution in [0.5, 0.6) is 0 Å². The maximum absolute atomic E-state index is 13.1. The number of hydrogen-bond acceptors (Lipinski definition) is 10. The quantitative estimate of drug-likeness (QED) is 0.500. The van der Waals surface area contributed by atoms with Gasteiger partial charge < -0.3 is 0 Å². The summed E-state index contributed by atoms with van der Waals surface area (Å²) in [5, 5.41) is 45.6. The van der Waals surface area contributed by atoms with Crippen molar-refractivity contribution in [2.24, 2.45) is 11.8 Å². The van der Waals surface area contributed by atoms with Gasteiger partial charge in [0.25, 0.3) is 22.8 Å². The zero-order valence-corrected chi connectivity index (χ0v) is 16.3. The molecular weight excluding hydrogens is 420 g/mol. The van der Waals surface area contributed by atoms with E-state index in [0.717, 1.165) is 13.0 Å². The van der Waals surface area contributed by atoms with Crippen molar-refractivity contribution in [3.8, 4) is 0 Å². The third-order valence-electron chi connectivity index (χ3n) is 4.73. The Morgan fingerprint density at radius 1 is 0.710 bits per heavy atom. The van der Waals surface area contributed by atoms with Gasteiger partial charge in [-0.15, -0.1) is 0 Å². The Morgan fingerprint density at radius 3 is 1.48 bits per heavy atom. The Hall–Kier alpha value is -4.36. The van der Waals surface area contributed by atoms with Crippen LogP contribution in [0.25, 0.3) is 0 Å². The fraction of sp³-hybridized carbons (Fsp3) is 0.294. The van der Waals surface area contributed by atoms with Crippen molar-refractivity contribution in [1.29, 1.82) is 0 Å². The first-order valence-electron chi connectivity index (χ1n) is 8.74. The first-order chi connectivity index (χ1) is 14.5. The van der Waals surface area contributed by atoms with Crippen LogP contribution in [-0.2, 0) is 0 Å². The Kier molecular flexibility index (Phi) is 6.04. The Morgan fingerprint density at radius 2 is 1.13 bits per heavy atom. The normalized spacial score (nSPS) is 19.4. The third-order valence-corrected chi connectivity index (χ3v) is 4.73. The fourth-order valence-corrected chi connectivity index (χ4v) is 3.64. The number of fused-ring (bicyclic) bond motifs is 2. The minimum absolute atomic E-state index is 0.277. The van der Waals surface area contributed by atoms with E-state index in [-0.39, 0.29) is 5.57 Å². The second-order valence-corrected chi connectivity index (χ2v) is 6.20.